The van der Waals surface area contributed by atoms with Gasteiger partial charge in [0.05, 0.1) is 0 Å². The zero-order valence-corrected chi connectivity index (χ0v) is 23.7. The van der Waals surface area contributed by atoms with E-state index in [4.69, 9.17) is 4.74 Å². The number of carbonyl (C=O) groups excluding carboxylic acids is 1. The van der Waals surface area contributed by atoms with E-state index in [1.165, 1.54) is 57.8 Å². The Hall–Kier alpha value is -0.790. The van der Waals surface area contributed by atoms with E-state index in [1.807, 2.05) is 5.57 Å². The van der Waals surface area contributed by atoms with Crippen molar-refractivity contribution in [3.63, 3.8) is 0 Å². The topological polar surface area (TPSA) is 26.3 Å². The van der Waals surface area contributed by atoms with Gasteiger partial charge in [-0.1, -0.05) is 73.0 Å². The predicted molar refractivity (Wildman–Crippen MR) is 142 cm³/mol. The molecule has 0 N–H and O–H groups in total. The second-order valence-corrected chi connectivity index (χ2v) is 14.1. The van der Waals surface area contributed by atoms with Gasteiger partial charge in [0.25, 0.3) is 0 Å². The van der Waals surface area contributed by atoms with Crippen LogP contribution in [-0.2, 0) is 9.53 Å². The van der Waals surface area contributed by atoms with Gasteiger partial charge >= 0.3 is 5.97 Å². The van der Waals surface area contributed by atoms with Crippen LogP contribution in [0.3, 0.4) is 0 Å². The summed E-state index contributed by atoms with van der Waals surface area (Å²) in [6.45, 7) is 19.3. The van der Waals surface area contributed by atoms with Crippen molar-refractivity contribution in [2.24, 2.45) is 51.8 Å². The Morgan fingerprint density at radius 1 is 1.03 bits per heavy atom. The lowest BCUT2D eigenvalue weighted by Gasteiger charge is -2.61. The second kappa shape index (κ2) is 9.59. The summed E-state index contributed by atoms with van der Waals surface area (Å²) < 4.78 is 5.67. The highest BCUT2D eigenvalue weighted by Crippen LogP contribution is 2.72. The van der Waals surface area contributed by atoms with E-state index in [0.29, 0.717) is 22.2 Å². The molecule has 0 spiro atoms. The van der Waals surface area contributed by atoms with E-state index in [-0.39, 0.29) is 12.1 Å². The summed E-state index contributed by atoms with van der Waals surface area (Å²) in [6.07, 6.45) is 17.1. The van der Waals surface area contributed by atoms with Crippen LogP contribution in [0.15, 0.2) is 11.6 Å². The van der Waals surface area contributed by atoms with Gasteiger partial charge in [-0.25, -0.2) is 0 Å². The zero-order valence-electron chi connectivity index (χ0n) is 23.7. The molecular weight excluding hydrogens is 416 g/mol. The van der Waals surface area contributed by atoms with Crippen LogP contribution in [0.1, 0.15) is 126 Å². The molecule has 2 heteroatoms. The molecule has 0 radical (unpaired) electrons. The average molecular weight is 471 g/mol. The minimum atomic E-state index is -0.104. The first-order valence-electron chi connectivity index (χ1n) is 14.8. The van der Waals surface area contributed by atoms with E-state index in [9.17, 15) is 4.79 Å². The first-order valence-corrected chi connectivity index (χ1v) is 14.8. The van der Waals surface area contributed by atoms with Crippen molar-refractivity contribution in [1.29, 1.82) is 0 Å². The molecule has 0 unspecified atom stereocenters. The van der Waals surface area contributed by atoms with Crippen molar-refractivity contribution in [2.75, 3.05) is 0 Å². The first kappa shape index (κ1) is 26.3. The number of esters is 1. The third kappa shape index (κ3) is 4.21. The summed E-state index contributed by atoms with van der Waals surface area (Å²) in [4.78, 5) is 11.6. The third-order valence-corrected chi connectivity index (χ3v) is 12.4. The average Bonchev–Trinajstić information content (AvgIpc) is 3.05. The molecule has 9 atom stereocenters. The maximum Gasteiger partial charge on any atom is 0.302 e. The molecule has 4 aliphatic carbocycles. The molecule has 34 heavy (non-hydrogen) atoms. The SMILES string of the molecule is CC[C@@H](CC[C@@H](C)[C@H]1CC[C@@]2(C)[C@@H]3CC[C@H]4C[C@@H](OC(C)=O)CC[C@]4(C)C3=CC[C@]12C)C(C)C. The van der Waals surface area contributed by atoms with Crippen LogP contribution in [-0.4, -0.2) is 12.1 Å². The summed E-state index contributed by atoms with van der Waals surface area (Å²) in [5, 5.41) is 0. The van der Waals surface area contributed by atoms with Crippen molar-refractivity contribution in [1.82, 2.24) is 0 Å². The van der Waals surface area contributed by atoms with Gasteiger partial charge in [-0.2, -0.15) is 0 Å². The summed E-state index contributed by atoms with van der Waals surface area (Å²) in [6, 6.07) is 0. The molecule has 194 valence electrons. The Kier molecular flexibility index (Phi) is 7.41. The Bertz CT molecular complexity index is 782. The largest absolute Gasteiger partial charge is 0.463 e. The molecule has 2 nitrogen and oxygen atoms in total. The summed E-state index contributed by atoms with van der Waals surface area (Å²) >= 11 is 0. The molecule has 3 fully saturated rings. The molecule has 4 aliphatic rings. The Morgan fingerprint density at radius 2 is 1.76 bits per heavy atom. The van der Waals surface area contributed by atoms with E-state index in [0.717, 1.165) is 42.4 Å². The third-order valence-electron chi connectivity index (χ3n) is 12.4. The fourth-order valence-electron chi connectivity index (χ4n) is 9.84. The molecule has 0 heterocycles. The normalized spacial score (nSPS) is 43.4. The predicted octanol–water partition coefficient (Wildman–Crippen LogP) is 8.99. The molecule has 0 amide bonds. The van der Waals surface area contributed by atoms with Crippen LogP contribution < -0.4 is 0 Å². The molecule has 0 bridgehead atoms. The number of hydrogen-bond donors (Lipinski definition) is 0. The Balaban J connectivity index is 1.52. The van der Waals surface area contributed by atoms with Gasteiger partial charge in [-0.05, 0) is 110 Å². The van der Waals surface area contributed by atoms with Crippen molar-refractivity contribution < 1.29 is 9.53 Å². The molecule has 3 saturated carbocycles. The number of rotatable bonds is 7. The van der Waals surface area contributed by atoms with Gasteiger partial charge in [0.15, 0.2) is 0 Å². The number of fused-ring (bicyclic) bond motifs is 5. The van der Waals surface area contributed by atoms with Crippen molar-refractivity contribution >= 4 is 5.97 Å². The van der Waals surface area contributed by atoms with Crippen molar-refractivity contribution in [3.8, 4) is 0 Å². The number of ether oxygens (including phenoxy) is 1. The molecular formula is C32H54O2. The maximum atomic E-state index is 11.6. The quantitative estimate of drug-likeness (QED) is 0.274. The fraction of sp³-hybridized carbons (Fsp3) is 0.906. The maximum absolute atomic E-state index is 11.6. The highest BCUT2D eigenvalue weighted by Gasteiger charge is 2.63. The summed E-state index contributed by atoms with van der Waals surface area (Å²) in [5.41, 5.74) is 3.01. The second-order valence-electron chi connectivity index (χ2n) is 14.1. The van der Waals surface area contributed by atoms with Crippen LogP contribution >= 0.6 is 0 Å². The molecule has 0 aliphatic heterocycles. The van der Waals surface area contributed by atoms with Crippen LogP contribution in [0.4, 0.5) is 0 Å². The molecule has 0 saturated heterocycles. The van der Waals surface area contributed by atoms with Gasteiger partial charge in [0.2, 0.25) is 0 Å². The van der Waals surface area contributed by atoms with Crippen LogP contribution in [0.25, 0.3) is 0 Å². The molecule has 0 aromatic rings. The van der Waals surface area contributed by atoms with Crippen LogP contribution in [0, 0.1) is 51.8 Å². The van der Waals surface area contributed by atoms with E-state index in [2.05, 4.69) is 54.5 Å². The van der Waals surface area contributed by atoms with E-state index < -0.39 is 0 Å². The van der Waals surface area contributed by atoms with Crippen molar-refractivity contribution in [2.45, 2.75) is 132 Å². The van der Waals surface area contributed by atoms with Gasteiger partial charge < -0.3 is 4.74 Å². The van der Waals surface area contributed by atoms with E-state index in [1.54, 1.807) is 6.92 Å². The van der Waals surface area contributed by atoms with Gasteiger partial charge in [0.1, 0.15) is 6.10 Å². The number of allylic oxidation sites excluding steroid dienone is 2. The monoisotopic (exact) mass is 470 g/mol. The highest BCUT2D eigenvalue weighted by atomic mass is 16.5. The minimum absolute atomic E-state index is 0.104. The van der Waals surface area contributed by atoms with Crippen LogP contribution in [0.5, 0.6) is 0 Å². The number of hydrogen-bond acceptors (Lipinski definition) is 2. The standard InChI is InChI=1S/C32H54O2/c1-9-24(21(2)3)11-10-22(4)27-15-18-32(8)29-13-12-25-20-26(34-23(5)33)14-17-30(25,6)28(29)16-19-31(27,32)7/h16,21-22,24-27,29H,9-15,17-20H2,1-8H3/t22-,24+,25+,26+,27-,29-,30+,31-,32+/m1/s1. The lowest BCUT2D eigenvalue weighted by atomic mass is 9.44. The lowest BCUT2D eigenvalue weighted by molar-refractivity contribution is -0.151. The first-order chi connectivity index (χ1) is 16.0. The smallest absolute Gasteiger partial charge is 0.302 e. The molecule has 4 rings (SSSR count). The van der Waals surface area contributed by atoms with Gasteiger partial charge in [0, 0.05) is 6.92 Å². The van der Waals surface area contributed by atoms with Gasteiger partial charge in [-0.3, -0.25) is 4.79 Å². The zero-order chi connectivity index (χ0) is 24.9. The van der Waals surface area contributed by atoms with Gasteiger partial charge in [-0.15, -0.1) is 0 Å². The van der Waals surface area contributed by atoms with Crippen LogP contribution in [0.2, 0.25) is 0 Å². The molecule has 0 aromatic heterocycles. The molecule has 0 aromatic carbocycles. The Labute approximate surface area is 211 Å². The lowest BCUT2D eigenvalue weighted by Crippen LogP contribution is -2.53. The summed E-state index contributed by atoms with van der Waals surface area (Å²) in [7, 11) is 0. The summed E-state index contributed by atoms with van der Waals surface area (Å²) in [5.74, 6) is 4.73. The van der Waals surface area contributed by atoms with Crippen molar-refractivity contribution in [3.05, 3.63) is 11.6 Å². The Morgan fingerprint density at radius 3 is 2.41 bits per heavy atom. The number of carbonyl (C=O) groups is 1. The minimum Gasteiger partial charge on any atom is -0.463 e. The van der Waals surface area contributed by atoms with E-state index >= 15 is 0 Å². The highest BCUT2D eigenvalue weighted by molar-refractivity contribution is 5.66. The fourth-order valence-corrected chi connectivity index (χ4v) is 9.84.